The zero-order valence-corrected chi connectivity index (χ0v) is 12.0. The lowest BCUT2D eigenvalue weighted by Crippen LogP contribution is -2.55. The lowest BCUT2D eigenvalue weighted by molar-refractivity contribution is -0.139. The van der Waals surface area contributed by atoms with Gasteiger partial charge in [-0.15, -0.1) is 0 Å². The number of imide groups is 1. The molecule has 0 aromatic carbocycles. The molecule has 1 saturated heterocycles. The molecular weight excluding hydrogens is 258 g/mol. The summed E-state index contributed by atoms with van der Waals surface area (Å²) in [7, 11) is 0. The minimum atomic E-state index is -0.594. The first-order chi connectivity index (χ1) is 9.38. The van der Waals surface area contributed by atoms with Crippen molar-refractivity contribution in [2.45, 2.75) is 51.6 Å². The molecule has 20 heavy (non-hydrogen) atoms. The fraction of sp³-hybridized carbons (Fsp3) is 0.786. The van der Waals surface area contributed by atoms with Crippen LogP contribution >= 0.6 is 0 Å². The third-order valence-corrected chi connectivity index (χ3v) is 4.58. The van der Waals surface area contributed by atoms with Crippen molar-refractivity contribution in [3.05, 3.63) is 0 Å². The Bertz CT molecular complexity index is 424. The van der Waals surface area contributed by atoms with E-state index in [1.165, 1.54) is 0 Å². The van der Waals surface area contributed by atoms with E-state index in [1.807, 2.05) is 0 Å². The van der Waals surface area contributed by atoms with E-state index in [4.69, 9.17) is 5.73 Å². The number of amides is 3. The molecule has 1 saturated carbocycles. The summed E-state index contributed by atoms with van der Waals surface area (Å²) < 4.78 is 0. The standard InChI is InChI=1S/C14H23N3O3/c1-7-5-8(2)10(15)6-9(7)13(19)16-11-3-4-12(18)17-14(11)20/h7-11H,3-6,15H2,1-2H3,(H,16,19)(H,17,18,20). The van der Waals surface area contributed by atoms with E-state index in [0.29, 0.717) is 18.8 Å². The number of hydrogen-bond acceptors (Lipinski definition) is 4. The first kappa shape index (κ1) is 15.0. The largest absolute Gasteiger partial charge is 0.344 e. The number of nitrogens with one attached hydrogen (secondary N) is 2. The molecule has 1 aliphatic carbocycles. The van der Waals surface area contributed by atoms with Gasteiger partial charge >= 0.3 is 0 Å². The van der Waals surface area contributed by atoms with Gasteiger partial charge in [-0.1, -0.05) is 13.8 Å². The number of hydrogen-bond donors (Lipinski definition) is 3. The Morgan fingerprint density at radius 3 is 2.60 bits per heavy atom. The van der Waals surface area contributed by atoms with E-state index in [0.717, 1.165) is 6.42 Å². The van der Waals surface area contributed by atoms with Crippen LogP contribution in [0.3, 0.4) is 0 Å². The second-order valence-corrected chi connectivity index (χ2v) is 6.21. The minimum Gasteiger partial charge on any atom is -0.344 e. The number of piperidine rings is 1. The Kier molecular flexibility index (Phi) is 4.42. The predicted molar refractivity (Wildman–Crippen MR) is 73.3 cm³/mol. The Morgan fingerprint density at radius 2 is 1.95 bits per heavy atom. The molecule has 2 fully saturated rings. The molecule has 5 atom stereocenters. The van der Waals surface area contributed by atoms with Crippen molar-refractivity contribution in [1.29, 1.82) is 0 Å². The normalized spacial score (nSPS) is 38.2. The lowest BCUT2D eigenvalue weighted by atomic mass is 9.72. The highest BCUT2D eigenvalue weighted by Gasteiger charge is 2.37. The molecule has 6 nitrogen and oxygen atoms in total. The highest BCUT2D eigenvalue weighted by molar-refractivity contribution is 6.01. The van der Waals surface area contributed by atoms with Gasteiger partial charge in [0.25, 0.3) is 0 Å². The van der Waals surface area contributed by atoms with Gasteiger partial charge in [0.2, 0.25) is 17.7 Å². The molecule has 1 aliphatic heterocycles. The van der Waals surface area contributed by atoms with Gasteiger partial charge < -0.3 is 11.1 Å². The topological polar surface area (TPSA) is 101 Å². The Labute approximate surface area is 118 Å². The van der Waals surface area contributed by atoms with Gasteiger partial charge in [-0.25, -0.2) is 0 Å². The molecule has 2 aliphatic rings. The molecule has 0 bridgehead atoms. The van der Waals surface area contributed by atoms with Gasteiger partial charge in [0.15, 0.2) is 0 Å². The smallest absolute Gasteiger partial charge is 0.249 e. The third-order valence-electron chi connectivity index (χ3n) is 4.58. The average Bonchev–Trinajstić information content (AvgIpc) is 2.37. The van der Waals surface area contributed by atoms with Gasteiger partial charge in [0.1, 0.15) is 6.04 Å². The zero-order chi connectivity index (χ0) is 14.9. The molecular formula is C14H23N3O3. The van der Waals surface area contributed by atoms with Crippen LogP contribution in [0.5, 0.6) is 0 Å². The van der Waals surface area contributed by atoms with Crippen LogP contribution in [0.1, 0.15) is 39.5 Å². The second kappa shape index (κ2) is 5.91. The van der Waals surface area contributed by atoms with E-state index >= 15 is 0 Å². The second-order valence-electron chi connectivity index (χ2n) is 6.21. The summed E-state index contributed by atoms with van der Waals surface area (Å²) in [5, 5.41) is 5.01. The van der Waals surface area contributed by atoms with Crippen molar-refractivity contribution in [2.75, 3.05) is 0 Å². The van der Waals surface area contributed by atoms with Crippen LogP contribution in [0.2, 0.25) is 0 Å². The first-order valence-electron chi connectivity index (χ1n) is 7.28. The van der Waals surface area contributed by atoms with Gasteiger partial charge in [0, 0.05) is 18.4 Å². The molecule has 0 aromatic heterocycles. The Balaban J connectivity index is 1.94. The SMILES string of the molecule is CC1CC(C)C(C(=O)NC2CCC(=O)NC2=O)CC1N. The van der Waals surface area contributed by atoms with E-state index in [9.17, 15) is 14.4 Å². The number of carbonyl (C=O) groups is 3. The molecule has 2 rings (SSSR count). The monoisotopic (exact) mass is 281 g/mol. The van der Waals surface area contributed by atoms with Crippen LogP contribution in [0.25, 0.3) is 0 Å². The zero-order valence-electron chi connectivity index (χ0n) is 12.0. The van der Waals surface area contributed by atoms with E-state index in [1.54, 1.807) is 0 Å². The molecule has 0 aromatic rings. The summed E-state index contributed by atoms with van der Waals surface area (Å²) >= 11 is 0. The third kappa shape index (κ3) is 3.17. The number of rotatable bonds is 2. The van der Waals surface area contributed by atoms with Crippen molar-refractivity contribution >= 4 is 17.7 Å². The molecule has 1 heterocycles. The maximum Gasteiger partial charge on any atom is 0.249 e. The molecule has 6 heteroatoms. The van der Waals surface area contributed by atoms with Crippen LogP contribution in [-0.2, 0) is 14.4 Å². The summed E-state index contributed by atoms with van der Waals surface area (Å²) in [6, 6.07) is -0.563. The molecule has 4 N–H and O–H groups in total. The van der Waals surface area contributed by atoms with Crippen molar-refractivity contribution in [3.8, 4) is 0 Å². The summed E-state index contributed by atoms with van der Waals surface area (Å²) in [5.74, 6) is -0.262. The molecule has 5 unspecified atom stereocenters. The van der Waals surface area contributed by atoms with E-state index in [2.05, 4.69) is 24.5 Å². The first-order valence-corrected chi connectivity index (χ1v) is 7.28. The van der Waals surface area contributed by atoms with Crippen LogP contribution in [0.4, 0.5) is 0 Å². The average molecular weight is 281 g/mol. The summed E-state index contributed by atoms with van der Waals surface area (Å²) in [4.78, 5) is 35.1. The predicted octanol–water partition coefficient (Wildman–Crippen LogP) is -0.0827. The van der Waals surface area contributed by atoms with Gasteiger partial charge in [-0.05, 0) is 31.1 Å². The summed E-state index contributed by atoms with van der Waals surface area (Å²) in [6.45, 7) is 4.16. The van der Waals surface area contributed by atoms with Crippen molar-refractivity contribution < 1.29 is 14.4 Å². The van der Waals surface area contributed by atoms with E-state index < -0.39 is 11.9 Å². The lowest BCUT2D eigenvalue weighted by Gasteiger charge is -2.36. The Morgan fingerprint density at radius 1 is 1.25 bits per heavy atom. The minimum absolute atomic E-state index is 0.0312. The quantitative estimate of drug-likeness (QED) is 0.616. The fourth-order valence-corrected chi connectivity index (χ4v) is 3.16. The fourth-order valence-electron chi connectivity index (χ4n) is 3.16. The van der Waals surface area contributed by atoms with Crippen molar-refractivity contribution in [2.24, 2.45) is 23.5 Å². The highest BCUT2D eigenvalue weighted by atomic mass is 16.2. The van der Waals surface area contributed by atoms with Crippen LogP contribution in [-0.4, -0.2) is 29.8 Å². The van der Waals surface area contributed by atoms with Crippen LogP contribution in [0, 0.1) is 17.8 Å². The number of nitrogens with two attached hydrogens (primary N) is 1. The maximum absolute atomic E-state index is 12.3. The van der Waals surface area contributed by atoms with Gasteiger partial charge in [-0.2, -0.15) is 0 Å². The Hall–Kier alpha value is -1.43. The van der Waals surface area contributed by atoms with Crippen LogP contribution in [0.15, 0.2) is 0 Å². The number of carbonyl (C=O) groups excluding carboxylic acids is 3. The van der Waals surface area contributed by atoms with Crippen molar-refractivity contribution in [3.63, 3.8) is 0 Å². The van der Waals surface area contributed by atoms with E-state index in [-0.39, 0.29) is 36.1 Å². The molecule has 0 radical (unpaired) electrons. The van der Waals surface area contributed by atoms with Gasteiger partial charge in [-0.3, -0.25) is 19.7 Å². The van der Waals surface area contributed by atoms with Crippen LogP contribution < -0.4 is 16.4 Å². The molecule has 3 amide bonds. The highest BCUT2D eigenvalue weighted by Crippen LogP contribution is 2.33. The summed E-state index contributed by atoms with van der Waals surface area (Å²) in [6.07, 6.45) is 2.23. The van der Waals surface area contributed by atoms with Crippen molar-refractivity contribution in [1.82, 2.24) is 10.6 Å². The van der Waals surface area contributed by atoms with Gasteiger partial charge in [0.05, 0.1) is 0 Å². The maximum atomic E-state index is 12.3. The molecule has 0 spiro atoms. The summed E-state index contributed by atoms with van der Waals surface area (Å²) in [5.41, 5.74) is 6.04. The molecule has 112 valence electrons.